The first kappa shape index (κ1) is 25.6. The third-order valence-corrected chi connectivity index (χ3v) is 6.15. The number of phenols is 2. The molecule has 0 unspecified atom stereocenters. The van der Waals surface area contributed by atoms with Crippen molar-refractivity contribution in [2.24, 2.45) is 0 Å². The van der Waals surface area contributed by atoms with Gasteiger partial charge in [0, 0.05) is 45.0 Å². The van der Waals surface area contributed by atoms with Crippen LogP contribution in [-0.2, 0) is 21.7 Å². The minimum Gasteiger partial charge on any atom is -0.593 e. The molecular formula is C28H20O8Ti+4. The predicted octanol–water partition coefficient (Wildman–Crippen LogP) is 2.63. The van der Waals surface area contributed by atoms with Crippen molar-refractivity contribution in [2.45, 2.75) is 0 Å². The fraction of sp³-hybridized carbons (Fsp3) is 0. The van der Waals surface area contributed by atoms with E-state index in [9.17, 15) is 29.4 Å². The quantitative estimate of drug-likeness (QED) is 0.227. The largest absolute Gasteiger partial charge is 0.593 e. The van der Waals surface area contributed by atoms with Crippen molar-refractivity contribution in [2.75, 3.05) is 0 Å². The molecule has 0 bridgehead atoms. The molecule has 9 heteroatoms. The molecule has 0 aliphatic heterocycles. The maximum atomic E-state index is 12.3. The number of carbonyl (C=O) groups excluding carboxylic acids is 4. The van der Waals surface area contributed by atoms with Gasteiger partial charge in [-0.3, -0.25) is 19.2 Å². The average molecular weight is 532 g/mol. The number of benzene rings is 4. The molecule has 0 saturated carbocycles. The Morgan fingerprint density at radius 3 is 1.19 bits per heavy atom. The van der Waals surface area contributed by atoms with Gasteiger partial charge in [-0.2, -0.15) is 0 Å². The van der Waals surface area contributed by atoms with Crippen molar-refractivity contribution in [1.82, 2.24) is 0 Å². The summed E-state index contributed by atoms with van der Waals surface area (Å²) in [7, 11) is 0. The number of fused-ring (bicyclic) bond motifs is 4. The number of phenolic OH excluding ortho intramolecular Hbond substituents is 2. The van der Waals surface area contributed by atoms with E-state index in [1.807, 2.05) is 0 Å². The number of hydrogen-bond acceptors (Lipinski definition) is 4. The van der Waals surface area contributed by atoms with Gasteiger partial charge in [-0.15, -0.1) is 0 Å². The second-order valence-electron chi connectivity index (χ2n) is 8.21. The summed E-state index contributed by atoms with van der Waals surface area (Å²) in [4.78, 5) is 44.9. The van der Waals surface area contributed by atoms with Crippen LogP contribution in [-0.4, -0.2) is 53.1 Å². The number of ketones is 4. The molecule has 0 fully saturated rings. The molecule has 0 spiro atoms. The standard InChI is InChI=1S/2C14H8O4.Ti/c2*15-9-5-6-10(16)12-11(9)13(17)7-3-1-2-4-8(7)14(12)18;/h2*1-6,15-16H;/p+4. The van der Waals surface area contributed by atoms with Crippen LogP contribution < -0.4 is 0 Å². The molecule has 180 valence electrons. The SMILES string of the molecule is O=C1c2ccccc2C(=[OH+])c2c([OH2+])ccc(O)c21.O=C1c2ccccc2C(=[OH+])c2c([OH2+])ccc(O)c21.[Ti]. The molecule has 4 aromatic carbocycles. The summed E-state index contributed by atoms with van der Waals surface area (Å²) < 4.78 is 0. The van der Waals surface area contributed by atoms with E-state index < -0.39 is 0 Å². The van der Waals surface area contributed by atoms with Gasteiger partial charge in [-0.1, -0.05) is 36.4 Å². The molecule has 2 aliphatic rings. The summed E-state index contributed by atoms with van der Waals surface area (Å²) in [6.45, 7) is 0. The Bertz CT molecular complexity index is 1410. The average Bonchev–Trinajstić information content (AvgIpc) is 2.89. The zero-order chi connectivity index (χ0) is 25.7. The molecule has 8 nitrogen and oxygen atoms in total. The first-order valence-corrected chi connectivity index (χ1v) is 10.8. The summed E-state index contributed by atoms with van der Waals surface area (Å²) in [5.41, 5.74) is 1.66. The van der Waals surface area contributed by atoms with Gasteiger partial charge >= 0.3 is 11.6 Å². The topological polar surface area (TPSA) is 163 Å². The van der Waals surface area contributed by atoms with Gasteiger partial charge in [0.25, 0.3) is 11.5 Å². The Hall–Kier alpha value is -4.53. The third-order valence-electron chi connectivity index (χ3n) is 6.15. The monoisotopic (exact) mass is 532 g/mol. The van der Waals surface area contributed by atoms with E-state index >= 15 is 0 Å². The van der Waals surface area contributed by atoms with Crippen LogP contribution >= 0.6 is 0 Å². The van der Waals surface area contributed by atoms with Crippen LogP contribution in [0.4, 0.5) is 0 Å². The Morgan fingerprint density at radius 1 is 0.514 bits per heavy atom. The number of rotatable bonds is 0. The minimum atomic E-state index is -0.370. The summed E-state index contributed by atoms with van der Waals surface area (Å²) >= 11 is 0. The molecule has 4 aromatic rings. The molecule has 0 amide bonds. The van der Waals surface area contributed by atoms with Crippen molar-refractivity contribution in [3.8, 4) is 23.0 Å². The van der Waals surface area contributed by atoms with Crippen LogP contribution in [0.2, 0.25) is 0 Å². The van der Waals surface area contributed by atoms with Gasteiger partial charge in [-0.25, -0.2) is 0 Å². The van der Waals surface area contributed by atoms with Crippen LogP contribution in [0.15, 0.2) is 72.8 Å². The Kier molecular flexibility index (Phi) is 6.56. The van der Waals surface area contributed by atoms with Gasteiger partial charge in [0.05, 0.1) is 22.3 Å². The maximum Gasteiger partial charge on any atom is 0.365 e. The Morgan fingerprint density at radius 2 is 0.838 bits per heavy atom. The van der Waals surface area contributed by atoms with Crippen LogP contribution in [0.3, 0.4) is 0 Å². The second-order valence-corrected chi connectivity index (χ2v) is 8.21. The molecule has 2 aliphatic carbocycles. The van der Waals surface area contributed by atoms with Crippen LogP contribution in [0.25, 0.3) is 0 Å². The molecular weight excluding hydrogens is 512 g/mol. The van der Waals surface area contributed by atoms with Crippen molar-refractivity contribution in [1.29, 1.82) is 0 Å². The third kappa shape index (κ3) is 3.92. The zero-order valence-corrected chi connectivity index (χ0v) is 20.6. The van der Waals surface area contributed by atoms with E-state index in [2.05, 4.69) is 0 Å². The van der Waals surface area contributed by atoms with Crippen LogP contribution in [0.5, 0.6) is 23.0 Å². The van der Waals surface area contributed by atoms with Crippen LogP contribution in [0, 0.1) is 0 Å². The molecule has 0 atom stereocenters. The molecule has 0 aromatic heterocycles. The van der Waals surface area contributed by atoms with Gasteiger partial charge in [-0.05, 0) is 24.3 Å². The van der Waals surface area contributed by atoms with E-state index in [0.717, 1.165) is 0 Å². The molecule has 6 rings (SSSR count). The Balaban J connectivity index is 0.000000168. The molecule has 37 heavy (non-hydrogen) atoms. The second kappa shape index (κ2) is 9.50. The first-order chi connectivity index (χ1) is 17.2. The summed E-state index contributed by atoms with van der Waals surface area (Å²) in [6.07, 6.45) is 0. The van der Waals surface area contributed by atoms with Gasteiger partial charge < -0.3 is 20.4 Å². The molecule has 0 radical (unpaired) electrons. The molecule has 8 N–H and O–H groups in total. The number of carbonyl (C=O) groups is 2. The smallest absolute Gasteiger partial charge is 0.365 e. The van der Waals surface area contributed by atoms with E-state index in [4.69, 9.17) is 10.2 Å². The molecule has 0 heterocycles. The number of aromatic hydroxyl groups is 2. The van der Waals surface area contributed by atoms with Crippen molar-refractivity contribution in [3.05, 3.63) is 117 Å². The molecule has 0 saturated heterocycles. The van der Waals surface area contributed by atoms with Gasteiger partial charge in [0.1, 0.15) is 11.5 Å². The maximum absolute atomic E-state index is 12.3. The van der Waals surface area contributed by atoms with E-state index in [-0.39, 0.29) is 90.1 Å². The fourth-order valence-electron chi connectivity index (χ4n) is 4.45. The normalized spacial score (nSPS) is 12.8. The van der Waals surface area contributed by atoms with Gasteiger partial charge in [0.15, 0.2) is 22.7 Å². The van der Waals surface area contributed by atoms with Crippen molar-refractivity contribution >= 4 is 23.1 Å². The summed E-state index contributed by atoms with van der Waals surface area (Å²) in [6, 6.07) is 18.5. The van der Waals surface area contributed by atoms with E-state index in [0.29, 0.717) is 22.3 Å². The fourth-order valence-corrected chi connectivity index (χ4v) is 4.45. The van der Waals surface area contributed by atoms with Crippen LogP contribution in [0.1, 0.15) is 54.1 Å². The number of hydrogen-bond donors (Lipinski definition) is 2. The summed E-state index contributed by atoms with van der Waals surface area (Å²) in [5, 5.41) is 35.1. The Labute approximate surface area is 224 Å². The predicted molar refractivity (Wildman–Crippen MR) is 132 cm³/mol. The summed E-state index contributed by atoms with van der Waals surface area (Å²) in [5.74, 6) is -1.41. The first-order valence-electron chi connectivity index (χ1n) is 10.8. The zero-order valence-electron chi connectivity index (χ0n) is 19.0. The van der Waals surface area contributed by atoms with E-state index in [1.54, 1.807) is 48.5 Å². The van der Waals surface area contributed by atoms with Gasteiger partial charge in [0.2, 0.25) is 0 Å². The van der Waals surface area contributed by atoms with Crippen molar-refractivity contribution < 1.29 is 61.3 Å². The van der Waals surface area contributed by atoms with E-state index in [1.165, 1.54) is 24.3 Å². The minimum absolute atomic E-state index is 0. The van der Waals surface area contributed by atoms with Crippen molar-refractivity contribution in [3.63, 3.8) is 0 Å².